The zero-order chi connectivity index (χ0) is 9.31. The lowest BCUT2D eigenvalue weighted by atomic mass is 9.94. The Labute approximate surface area is 81.6 Å². The van der Waals surface area contributed by atoms with Crippen LogP contribution in [0, 0.1) is 0 Å². The number of amides is 1. The molecule has 74 valence electrons. The summed E-state index contributed by atoms with van der Waals surface area (Å²) in [5.74, 6) is 0. The van der Waals surface area contributed by atoms with Gasteiger partial charge in [0.2, 0.25) is 0 Å². The third-order valence-corrected chi connectivity index (χ3v) is 3.88. The summed E-state index contributed by atoms with van der Waals surface area (Å²) in [7, 11) is 0. The molecule has 1 N–H and O–H groups in total. The van der Waals surface area contributed by atoms with E-state index < -0.39 is 6.09 Å². The van der Waals surface area contributed by atoms with E-state index in [4.69, 9.17) is 9.29 Å². The van der Waals surface area contributed by atoms with Gasteiger partial charge in [0, 0.05) is 0 Å². The van der Waals surface area contributed by atoms with Crippen LogP contribution in [0.2, 0.25) is 0 Å². The molecule has 2 fully saturated rings. The summed E-state index contributed by atoms with van der Waals surface area (Å²) in [5.41, 5.74) is -0.116. The van der Waals surface area contributed by atoms with Crippen LogP contribution in [0.5, 0.6) is 0 Å². The van der Waals surface area contributed by atoms with Gasteiger partial charge in [0.15, 0.2) is 0 Å². The van der Waals surface area contributed by atoms with Gasteiger partial charge in [-0.3, -0.25) is 4.18 Å². The Morgan fingerprint density at radius 3 is 2.69 bits per heavy atom. The van der Waals surface area contributed by atoms with Crippen LogP contribution in [0.15, 0.2) is 0 Å². The predicted octanol–water partition coefficient (Wildman–Crippen LogP) is 2.26. The molecule has 0 atom stereocenters. The molecule has 1 aliphatic carbocycles. The van der Waals surface area contributed by atoms with Crippen molar-refractivity contribution in [2.75, 3.05) is 6.61 Å². The molecule has 1 aliphatic heterocycles. The molecule has 0 aromatic rings. The van der Waals surface area contributed by atoms with E-state index in [2.05, 4.69) is 0 Å². The fraction of sp³-hybridized carbons (Fsp3) is 0.875. The van der Waals surface area contributed by atoms with Gasteiger partial charge < -0.3 is 5.11 Å². The summed E-state index contributed by atoms with van der Waals surface area (Å²) >= 11 is 1.00. The van der Waals surface area contributed by atoms with Gasteiger partial charge in [-0.2, -0.15) is 0 Å². The molecule has 1 amide bonds. The highest BCUT2D eigenvalue weighted by Crippen LogP contribution is 2.44. The highest BCUT2D eigenvalue weighted by molar-refractivity contribution is 7.92. The van der Waals surface area contributed by atoms with Crippen LogP contribution in [0.25, 0.3) is 0 Å². The molecule has 2 rings (SSSR count). The van der Waals surface area contributed by atoms with E-state index in [1.165, 1.54) is 4.31 Å². The molecule has 0 bridgehead atoms. The van der Waals surface area contributed by atoms with Gasteiger partial charge in [-0.15, -0.1) is 0 Å². The zero-order valence-electron chi connectivity index (χ0n) is 7.36. The average Bonchev–Trinajstić information content (AvgIpc) is 2.54. The normalized spacial score (nSPS) is 26.6. The molecule has 0 unspecified atom stereocenters. The van der Waals surface area contributed by atoms with E-state index >= 15 is 0 Å². The fourth-order valence-electron chi connectivity index (χ4n) is 2.22. The SMILES string of the molecule is O=C(O)N1SOCCC12CCCC2. The van der Waals surface area contributed by atoms with Crippen LogP contribution in [-0.4, -0.2) is 27.7 Å². The Bertz CT molecular complexity index is 215. The summed E-state index contributed by atoms with van der Waals surface area (Å²) in [5, 5.41) is 8.99. The van der Waals surface area contributed by atoms with Crippen molar-refractivity contribution in [3.63, 3.8) is 0 Å². The van der Waals surface area contributed by atoms with Crippen LogP contribution >= 0.6 is 12.2 Å². The van der Waals surface area contributed by atoms with E-state index in [-0.39, 0.29) is 5.54 Å². The second-order valence-electron chi connectivity index (χ2n) is 3.65. The number of carbonyl (C=O) groups is 1. The first-order valence-corrected chi connectivity index (χ1v) is 5.27. The highest BCUT2D eigenvalue weighted by Gasteiger charge is 2.45. The summed E-state index contributed by atoms with van der Waals surface area (Å²) in [4.78, 5) is 10.9. The molecule has 0 aromatic carbocycles. The molecule has 13 heavy (non-hydrogen) atoms. The lowest BCUT2D eigenvalue weighted by molar-refractivity contribution is 0.0994. The second-order valence-corrected chi connectivity index (χ2v) is 4.40. The largest absolute Gasteiger partial charge is 0.464 e. The molecule has 5 heteroatoms. The Kier molecular flexibility index (Phi) is 2.38. The van der Waals surface area contributed by atoms with E-state index in [1.807, 2.05) is 0 Å². The molecule has 1 spiro atoms. The number of hydrogen-bond donors (Lipinski definition) is 1. The van der Waals surface area contributed by atoms with Crippen molar-refractivity contribution < 1.29 is 14.1 Å². The molecule has 0 radical (unpaired) electrons. The maximum Gasteiger partial charge on any atom is 0.419 e. The van der Waals surface area contributed by atoms with E-state index in [9.17, 15) is 4.79 Å². The highest BCUT2D eigenvalue weighted by atomic mass is 32.2. The minimum absolute atomic E-state index is 0.116. The van der Waals surface area contributed by atoms with Gasteiger partial charge in [-0.1, -0.05) is 12.8 Å². The molecule has 2 aliphatic rings. The number of carboxylic acid groups (broad SMARTS) is 1. The second kappa shape index (κ2) is 3.38. The van der Waals surface area contributed by atoms with Crippen LogP contribution in [-0.2, 0) is 4.18 Å². The van der Waals surface area contributed by atoms with Crippen LogP contribution in [0.4, 0.5) is 4.79 Å². The Hall–Kier alpha value is -0.420. The summed E-state index contributed by atoms with van der Waals surface area (Å²) in [6, 6.07) is 0. The third kappa shape index (κ3) is 1.50. The first-order chi connectivity index (χ1) is 6.25. The lowest BCUT2D eigenvalue weighted by Gasteiger charge is -2.40. The molecular weight excluding hydrogens is 190 g/mol. The van der Waals surface area contributed by atoms with Crippen molar-refractivity contribution >= 4 is 18.3 Å². The smallest absolute Gasteiger partial charge is 0.419 e. The van der Waals surface area contributed by atoms with Gasteiger partial charge in [0.1, 0.15) is 12.2 Å². The van der Waals surface area contributed by atoms with E-state index in [0.29, 0.717) is 6.61 Å². The van der Waals surface area contributed by atoms with Crippen LogP contribution in [0.3, 0.4) is 0 Å². The van der Waals surface area contributed by atoms with Crippen molar-refractivity contribution in [2.24, 2.45) is 0 Å². The Balaban J connectivity index is 2.16. The Morgan fingerprint density at radius 2 is 2.08 bits per heavy atom. The maximum absolute atomic E-state index is 10.9. The number of nitrogens with zero attached hydrogens (tertiary/aromatic N) is 1. The van der Waals surface area contributed by atoms with Gasteiger partial charge in [-0.25, -0.2) is 9.10 Å². The van der Waals surface area contributed by atoms with Gasteiger partial charge >= 0.3 is 6.09 Å². The predicted molar refractivity (Wildman–Crippen MR) is 49.2 cm³/mol. The minimum Gasteiger partial charge on any atom is -0.464 e. The molecule has 0 aromatic heterocycles. The summed E-state index contributed by atoms with van der Waals surface area (Å²) in [6.07, 6.45) is 4.26. The van der Waals surface area contributed by atoms with Crippen molar-refractivity contribution in [3.8, 4) is 0 Å². The lowest BCUT2D eigenvalue weighted by Crippen LogP contribution is -2.48. The van der Waals surface area contributed by atoms with Crippen molar-refractivity contribution in [3.05, 3.63) is 0 Å². The first kappa shape index (κ1) is 9.15. The molecule has 1 saturated heterocycles. The molecule has 1 saturated carbocycles. The van der Waals surface area contributed by atoms with Crippen molar-refractivity contribution in [1.82, 2.24) is 4.31 Å². The van der Waals surface area contributed by atoms with Gasteiger partial charge in [-0.05, 0) is 19.3 Å². The van der Waals surface area contributed by atoms with Crippen molar-refractivity contribution in [2.45, 2.75) is 37.6 Å². The molecule has 1 heterocycles. The number of rotatable bonds is 0. The number of hydrogen-bond acceptors (Lipinski definition) is 3. The zero-order valence-corrected chi connectivity index (χ0v) is 8.18. The van der Waals surface area contributed by atoms with Crippen LogP contribution < -0.4 is 0 Å². The standard InChI is InChI=1S/C8H13NO3S/c10-7(11)9-8(3-1-2-4-8)5-6-12-13-9/h1-6H2,(H,10,11). The van der Waals surface area contributed by atoms with Gasteiger partial charge in [0.25, 0.3) is 0 Å². The quantitative estimate of drug-likeness (QED) is 0.484. The van der Waals surface area contributed by atoms with Crippen molar-refractivity contribution in [1.29, 1.82) is 0 Å². The van der Waals surface area contributed by atoms with Crippen LogP contribution in [0.1, 0.15) is 32.1 Å². The average molecular weight is 203 g/mol. The summed E-state index contributed by atoms with van der Waals surface area (Å²) in [6.45, 7) is 0.675. The van der Waals surface area contributed by atoms with Gasteiger partial charge in [0.05, 0.1) is 12.1 Å². The third-order valence-electron chi connectivity index (χ3n) is 2.92. The fourth-order valence-corrected chi connectivity index (χ4v) is 2.98. The summed E-state index contributed by atoms with van der Waals surface area (Å²) < 4.78 is 6.50. The van der Waals surface area contributed by atoms with E-state index in [1.54, 1.807) is 0 Å². The topological polar surface area (TPSA) is 49.8 Å². The Morgan fingerprint density at radius 1 is 1.38 bits per heavy atom. The first-order valence-electron chi connectivity index (χ1n) is 4.57. The minimum atomic E-state index is -0.869. The van der Waals surface area contributed by atoms with E-state index in [0.717, 1.165) is 44.3 Å². The molecular formula is C8H13NO3S. The molecule has 4 nitrogen and oxygen atoms in total. The maximum atomic E-state index is 10.9. The monoisotopic (exact) mass is 203 g/mol.